The maximum Gasteiger partial charge on any atom is 0.261 e. The van der Waals surface area contributed by atoms with Crippen molar-refractivity contribution in [2.45, 2.75) is 32.6 Å². The van der Waals surface area contributed by atoms with E-state index in [1.807, 2.05) is 0 Å². The van der Waals surface area contributed by atoms with Gasteiger partial charge >= 0.3 is 0 Å². The minimum absolute atomic E-state index is 0.175. The van der Waals surface area contributed by atoms with Gasteiger partial charge in [0.05, 0.1) is 11.9 Å². The number of nitrogens with zero attached hydrogens (tertiary/aromatic N) is 4. The van der Waals surface area contributed by atoms with Gasteiger partial charge in [-0.25, -0.2) is 14.4 Å². The predicted octanol–water partition coefficient (Wildman–Crippen LogP) is 1.78. The number of hydrogen-bond acceptors (Lipinski definition) is 4. The molecule has 6 nitrogen and oxygen atoms in total. The van der Waals surface area contributed by atoms with Crippen LogP contribution in [0.4, 0.5) is 5.69 Å². The first-order valence-electron chi connectivity index (χ1n) is 7.09. The number of carbonyl (C=O) groups is 2. The van der Waals surface area contributed by atoms with Gasteiger partial charge in [-0.05, 0) is 44.7 Å². The third-order valence-electron chi connectivity index (χ3n) is 4.07. The van der Waals surface area contributed by atoms with Gasteiger partial charge in [0.2, 0.25) is 0 Å². The van der Waals surface area contributed by atoms with Crippen LogP contribution >= 0.6 is 0 Å². The van der Waals surface area contributed by atoms with Crippen LogP contribution in [-0.2, 0) is 9.59 Å². The molecule has 0 aromatic carbocycles. The van der Waals surface area contributed by atoms with Crippen molar-refractivity contribution in [2.24, 2.45) is 0 Å². The molecule has 0 unspecified atom stereocenters. The summed E-state index contributed by atoms with van der Waals surface area (Å²) < 4.78 is 1.60. The molecule has 1 aliphatic heterocycles. The van der Waals surface area contributed by atoms with E-state index in [1.165, 1.54) is 4.90 Å². The first-order valence-corrected chi connectivity index (χ1v) is 7.09. The first-order chi connectivity index (χ1) is 10.1. The Labute approximate surface area is 121 Å². The molecule has 2 aromatic heterocycles. The fourth-order valence-electron chi connectivity index (χ4n) is 3.09. The zero-order chi connectivity index (χ0) is 14.6. The zero-order valence-corrected chi connectivity index (χ0v) is 11.7. The van der Waals surface area contributed by atoms with Crippen molar-refractivity contribution in [1.29, 1.82) is 0 Å². The van der Waals surface area contributed by atoms with E-state index >= 15 is 0 Å². The van der Waals surface area contributed by atoms with E-state index in [0.717, 1.165) is 12.8 Å². The lowest BCUT2D eigenvalue weighted by molar-refractivity contribution is -0.120. The number of aryl methyl sites for hydroxylation is 1. The Kier molecular flexibility index (Phi) is 2.48. The van der Waals surface area contributed by atoms with Crippen LogP contribution in [0.25, 0.3) is 5.65 Å². The molecule has 106 valence electrons. The Bertz CT molecular complexity index is 790. The number of anilines is 1. The molecule has 0 radical (unpaired) electrons. The highest BCUT2D eigenvalue weighted by Gasteiger charge is 2.39. The molecule has 0 atom stereocenters. The van der Waals surface area contributed by atoms with E-state index in [4.69, 9.17) is 0 Å². The number of hydrogen-bond donors (Lipinski definition) is 0. The molecule has 0 bridgehead atoms. The van der Waals surface area contributed by atoms with Gasteiger partial charge in [0.25, 0.3) is 11.8 Å². The molecular formula is C15H14N4O2. The summed E-state index contributed by atoms with van der Waals surface area (Å²) in [5.41, 5.74) is 2.65. The van der Waals surface area contributed by atoms with E-state index in [-0.39, 0.29) is 11.8 Å². The zero-order valence-electron chi connectivity index (χ0n) is 11.7. The second-order valence-electron chi connectivity index (χ2n) is 5.46. The van der Waals surface area contributed by atoms with Crippen LogP contribution < -0.4 is 4.90 Å². The van der Waals surface area contributed by atoms with Gasteiger partial charge in [-0.2, -0.15) is 5.10 Å². The third kappa shape index (κ3) is 1.72. The lowest BCUT2D eigenvalue weighted by Gasteiger charge is -2.14. The summed E-state index contributed by atoms with van der Waals surface area (Å²) in [5.74, 6) is 0.306. The van der Waals surface area contributed by atoms with E-state index in [1.54, 1.807) is 29.8 Å². The summed E-state index contributed by atoms with van der Waals surface area (Å²) in [6.07, 6.45) is 5.06. The predicted molar refractivity (Wildman–Crippen MR) is 75.7 cm³/mol. The highest BCUT2D eigenvalue weighted by molar-refractivity contribution is 6.33. The summed E-state index contributed by atoms with van der Waals surface area (Å²) in [5, 5.41) is 4.23. The van der Waals surface area contributed by atoms with Crippen molar-refractivity contribution in [3.63, 3.8) is 0 Å². The summed E-state index contributed by atoms with van der Waals surface area (Å²) >= 11 is 0. The number of amides is 2. The Balaban J connectivity index is 1.78. The van der Waals surface area contributed by atoms with Gasteiger partial charge in [0, 0.05) is 11.1 Å². The van der Waals surface area contributed by atoms with Crippen LogP contribution in [0.5, 0.6) is 0 Å². The number of pyridine rings is 1. The normalized spacial score (nSPS) is 18.8. The van der Waals surface area contributed by atoms with Crippen molar-refractivity contribution in [1.82, 2.24) is 14.6 Å². The van der Waals surface area contributed by atoms with Gasteiger partial charge in [-0.15, -0.1) is 0 Å². The van der Waals surface area contributed by atoms with Gasteiger partial charge < -0.3 is 0 Å². The molecule has 3 heterocycles. The third-order valence-corrected chi connectivity index (χ3v) is 4.07. The van der Waals surface area contributed by atoms with Crippen molar-refractivity contribution >= 4 is 23.1 Å². The lowest BCUT2D eigenvalue weighted by Crippen LogP contribution is -2.31. The summed E-state index contributed by atoms with van der Waals surface area (Å²) in [6.45, 7) is 1.80. The van der Waals surface area contributed by atoms with Crippen molar-refractivity contribution in [3.05, 3.63) is 35.3 Å². The summed E-state index contributed by atoms with van der Waals surface area (Å²) in [4.78, 5) is 30.5. The van der Waals surface area contributed by atoms with Crippen LogP contribution in [0.15, 0.2) is 29.5 Å². The van der Waals surface area contributed by atoms with Crippen LogP contribution in [0, 0.1) is 6.92 Å². The summed E-state index contributed by atoms with van der Waals surface area (Å²) in [7, 11) is 0. The smallest absolute Gasteiger partial charge is 0.261 e. The summed E-state index contributed by atoms with van der Waals surface area (Å²) in [6, 6.07) is 3.52. The van der Waals surface area contributed by atoms with Crippen molar-refractivity contribution < 1.29 is 9.59 Å². The average Bonchev–Trinajstić information content (AvgIpc) is 2.97. The average molecular weight is 282 g/mol. The number of aromatic nitrogens is 3. The molecule has 2 aliphatic rings. The number of rotatable bonds is 1. The molecule has 4 rings (SSSR count). The Morgan fingerprint density at radius 3 is 2.38 bits per heavy atom. The fourth-order valence-corrected chi connectivity index (χ4v) is 3.09. The molecular weight excluding hydrogens is 268 g/mol. The molecule has 0 saturated carbocycles. The van der Waals surface area contributed by atoms with Crippen LogP contribution in [0.3, 0.4) is 0 Å². The Morgan fingerprint density at radius 1 is 1.05 bits per heavy atom. The molecule has 0 fully saturated rings. The van der Waals surface area contributed by atoms with E-state index in [9.17, 15) is 9.59 Å². The molecule has 21 heavy (non-hydrogen) atoms. The van der Waals surface area contributed by atoms with E-state index in [0.29, 0.717) is 41.1 Å². The van der Waals surface area contributed by atoms with Crippen LogP contribution in [-0.4, -0.2) is 26.4 Å². The van der Waals surface area contributed by atoms with Gasteiger partial charge in [-0.3, -0.25) is 9.59 Å². The number of imide groups is 1. The van der Waals surface area contributed by atoms with Crippen molar-refractivity contribution in [3.8, 4) is 0 Å². The first kappa shape index (κ1) is 12.3. The molecule has 0 spiro atoms. The van der Waals surface area contributed by atoms with Gasteiger partial charge in [0.1, 0.15) is 5.82 Å². The molecule has 0 saturated heterocycles. The topological polar surface area (TPSA) is 67.6 Å². The Morgan fingerprint density at radius 2 is 1.71 bits per heavy atom. The minimum atomic E-state index is -0.175. The number of carbonyl (C=O) groups excluding carboxylic acids is 2. The maximum absolute atomic E-state index is 12.5. The lowest BCUT2D eigenvalue weighted by atomic mass is 9.93. The Hall–Kier alpha value is -2.50. The molecule has 2 aromatic rings. The van der Waals surface area contributed by atoms with Gasteiger partial charge in [-0.1, -0.05) is 0 Å². The maximum atomic E-state index is 12.5. The second kappa shape index (κ2) is 4.25. The highest BCUT2D eigenvalue weighted by Crippen LogP contribution is 2.35. The number of fused-ring (bicyclic) bond motifs is 1. The largest absolute Gasteiger partial charge is 0.269 e. The SMILES string of the molecule is Cc1nc2ccc(N3C(=O)C4=C(CCCC4)C3=O)cn2n1. The molecule has 1 aliphatic carbocycles. The van der Waals surface area contributed by atoms with E-state index < -0.39 is 0 Å². The fraction of sp³-hybridized carbons (Fsp3) is 0.333. The van der Waals surface area contributed by atoms with Crippen molar-refractivity contribution in [2.75, 3.05) is 4.90 Å². The van der Waals surface area contributed by atoms with Crippen LogP contribution in [0.1, 0.15) is 31.5 Å². The molecule has 2 amide bonds. The monoisotopic (exact) mass is 282 g/mol. The second-order valence-corrected chi connectivity index (χ2v) is 5.46. The quantitative estimate of drug-likeness (QED) is 0.748. The molecule has 6 heteroatoms. The van der Waals surface area contributed by atoms with Crippen LogP contribution in [0.2, 0.25) is 0 Å². The molecule has 0 N–H and O–H groups in total. The standard InChI is InChI=1S/C15H14N4O2/c1-9-16-13-7-6-10(8-18(13)17-9)19-14(20)11-4-2-3-5-12(11)15(19)21/h6-8H,2-5H2,1H3. The van der Waals surface area contributed by atoms with Gasteiger partial charge in [0.15, 0.2) is 5.65 Å². The highest BCUT2D eigenvalue weighted by atomic mass is 16.2. The minimum Gasteiger partial charge on any atom is -0.269 e. The van der Waals surface area contributed by atoms with E-state index in [2.05, 4.69) is 10.1 Å².